The third kappa shape index (κ3) is 3.76. The molecule has 0 saturated carbocycles. The number of nitrogens with one attached hydrogen (secondary N) is 2. The molecular weight excluding hydrogens is 363 g/mol. The quantitative estimate of drug-likeness (QED) is 0.645. The van der Waals surface area contributed by atoms with Crippen molar-refractivity contribution in [3.05, 3.63) is 65.4 Å². The highest BCUT2D eigenvalue weighted by Crippen LogP contribution is 2.35. The minimum absolute atomic E-state index is 0.170. The number of halogens is 3. The molecule has 0 saturated heterocycles. The summed E-state index contributed by atoms with van der Waals surface area (Å²) in [5.74, 6) is -1.44. The lowest BCUT2D eigenvalue weighted by molar-refractivity contribution is -0.136. The molecular formula is C16H12F3N7O. The maximum atomic E-state index is 13.1. The van der Waals surface area contributed by atoms with E-state index in [-0.39, 0.29) is 23.0 Å². The summed E-state index contributed by atoms with van der Waals surface area (Å²) in [6.45, 7) is 0. The Labute approximate surface area is 150 Å². The Morgan fingerprint density at radius 2 is 1.81 bits per heavy atom. The van der Waals surface area contributed by atoms with E-state index in [2.05, 4.69) is 20.4 Å². The molecule has 0 radical (unpaired) electrons. The number of benzene rings is 1. The second-order valence-electron chi connectivity index (χ2n) is 5.29. The molecule has 0 amide bonds. The number of pyridine rings is 1. The van der Waals surface area contributed by atoms with Crippen LogP contribution >= 0.6 is 0 Å². The van der Waals surface area contributed by atoms with Gasteiger partial charge in [0.05, 0.1) is 11.3 Å². The van der Waals surface area contributed by atoms with Crippen molar-refractivity contribution in [3.63, 3.8) is 0 Å². The largest absolute Gasteiger partial charge is 0.418 e. The zero-order valence-corrected chi connectivity index (χ0v) is 13.5. The number of hydrogen-bond donors (Lipinski definition) is 3. The second kappa shape index (κ2) is 6.86. The van der Waals surface area contributed by atoms with Crippen LogP contribution in [0.3, 0.4) is 0 Å². The molecule has 2 aromatic heterocycles. The molecule has 27 heavy (non-hydrogen) atoms. The minimum atomic E-state index is -4.60. The fourth-order valence-electron chi connectivity index (χ4n) is 2.22. The summed E-state index contributed by atoms with van der Waals surface area (Å²) in [5.41, 5.74) is 4.05. The fourth-order valence-corrected chi connectivity index (χ4v) is 2.22. The van der Waals surface area contributed by atoms with Crippen LogP contribution in [0.1, 0.15) is 15.9 Å². The molecule has 0 aliphatic carbocycles. The van der Waals surface area contributed by atoms with Crippen LogP contribution < -0.4 is 16.5 Å². The van der Waals surface area contributed by atoms with Crippen LogP contribution in [0.5, 0.6) is 0 Å². The Kier molecular flexibility index (Phi) is 4.59. The summed E-state index contributed by atoms with van der Waals surface area (Å²) in [4.78, 5) is 20.0. The van der Waals surface area contributed by atoms with Crippen molar-refractivity contribution >= 4 is 23.4 Å². The van der Waals surface area contributed by atoms with Gasteiger partial charge < -0.3 is 11.1 Å². The van der Waals surface area contributed by atoms with Crippen molar-refractivity contribution in [3.8, 4) is 0 Å². The zero-order chi connectivity index (χ0) is 19.6. The number of rotatable bonds is 3. The summed E-state index contributed by atoms with van der Waals surface area (Å²) in [6, 6.07) is 7.52. The molecule has 0 aliphatic heterocycles. The van der Waals surface area contributed by atoms with Crippen LogP contribution in [-0.4, -0.2) is 25.7 Å². The van der Waals surface area contributed by atoms with E-state index in [1.807, 2.05) is 0 Å². The van der Waals surface area contributed by atoms with Crippen molar-refractivity contribution in [1.29, 1.82) is 5.41 Å². The number of carbonyl (C=O) groups is 1. The Hall–Kier alpha value is -3.76. The van der Waals surface area contributed by atoms with Gasteiger partial charge in [-0.3, -0.25) is 15.2 Å². The van der Waals surface area contributed by atoms with E-state index < -0.39 is 23.1 Å². The number of para-hydroxylation sites is 1. The molecule has 8 nitrogen and oxygen atoms in total. The van der Waals surface area contributed by atoms with Gasteiger partial charge in [0.25, 0.3) is 5.91 Å². The lowest BCUT2D eigenvalue weighted by atomic mass is 10.1. The van der Waals surface area contributed by atoms with E-state index in [0.29, 0.717) is 4.68 Å². The molecule has 3 aromatic rings. The molecule has 0 fully saturated rings. The molecule has 0 spiro atoms. The minimum Gasteiger partial charge on any atom is -0.380 e. The molecule has 4 N–H and O–H groups in total. The second-order valence-corrected chi connectivity index (χ2v) is 5.29. The van der Waals surface area contributed by atoms with Gasteiger partial charge in [0.15, 0.2) is 11.3 Å². The molecule has 2 heterocycles. The highest BCUT2D eigenvalue weighted by atomic mass is 19.4. The number of nitrogens with two attached hydrogens (primary N) is 1. The number of aromatic nitrogens is 4. The van der Waals surface area contributed by atoms with E-state index in [0.717, 1.165) is 6.07 Å². The van der Waals surface area contributed by atoms with Crippen molar-refractivity contribution in [2.75, 3.05) is 11.1 Å². The summed E-state index contributed by atoms with van der Waals surface area (Å²) in [6.07, 6.45) is -1.85. The summed E-state index contributed by atoms with van der Waals surface area (Å²) < 4.78 is 40.0. The monoisotopic (exact) mass is 375 g/mol. The molecule has 0 bridgehead atoms. The number of carbonyl (C=O) groups excluding carboxylic acids is 1. The molecule has 3 rings (SSSR count). The van der Waals surface area contributed by atoms with Gasteiger partial charge in [-0.1, -0.05) is 12.1 Å². The van der Waals surface area contributed by atoms with Gasteiger partial charge in [0, 0.05) is 18.0 Å². The predicted octanol–water partition coefficient (Wildman–Crippen LogP) is 2.19. The zero-order valence-electron chi connectivity index (χ0n) is 13.5. The highest BCUT2D eigenvalue weighted by Gasteiger charge is 2.33. The van der Waals surface area contributed by atoms with Crippen LogP contribution in [0.15, 0.2) is 48.8 Å². The first-order valence-corrected chi connectivity index (χ1v) is 7.47. The molecule has 0 aliphatic rings. The Morgan fingerprint density at radius 3 is 2.48 bits per heavy atom. The molecule has 0 unspecified atom stereocenters. The van der Waals surface area contributed by atoms with Crippen LogP contribution in [0, 0.1) is 5.41 Å². The van der Waals surface area contributed by atoms with E-state index in [4.69, 9.17) is 11.1 Å². The SMILES string of the molecule is N=c1c(N)nc(Nc2ccccc2C(F)(F)F)nn1C(=O)c1ccncc1. The number of hydrogen-bond acceptors (Lipinski definition) is 7. The number of nitrogen functional groups attached to an aromatic ring is 1. The van der Waals surface area contributed by atoms with Gasteiger partial charge >= 0.3 is 6.18 Å². The first-order valence-electron chi connectivity index (χ1n) is 7.47. The summed E-state index contributed by atoms with van der Waals surface area (Å²) >= 11 is 0. The van der Waals surface area contributed by atoms with E-state index in [9.17, 15) is 18.0 Å². The maximum Gasteiger partial charge on any atom is 0.418 e. The van der Waals surface area contributed by atoms with Crippen molar-refractivity contribution in [2.45, 2.75) is 6.18 Å². The van der Waals surface area contributed by atoms with Crippen LogP contribution in [-0.2, 0) is 6.18 Å². The average Bonchev–Trinajstić information content (AvgIpc) is 2.64. The maximum absolute atomic E-state index is 13.1. The van der Waals surface area contributed by atoms with E-state index in [1.165, 1.54) is 42.7 Å². The van der Waals surface area contributed by atoms with Gasteiger partial charge in [-0.05, 0) is 24.3 Å². The molecule has 0 atom stereocenters. The van der Waals surface area contributed by atoms with Crippen molar-refractivity contribution < 1.29 is 18.0 Å². The number of alkyl halides is 3. The van der Waals surface area contributed by atoms with Crippen LogP contribution in [0.2, 0.25) is 0 Å². The van der Waals surface area contributed by atoms with Crippen molar-refractivity contribution in [1.82, 2.24) is 19.7 Å². The van der Waals surface area contributed by atoms with Crippen LogP contribution in [0.4, 0.5) is 30.6 Å². The molecule has 11 heteroatoms. The smallest absolute Gasteiger partial charge is 0.380 e. The predicted molar refractivity (Wildman–Crippen MR) is 89.0 cm³/mol. The Morgan fingerprint density at radius 1 is 1.15 bits per heavy atom. The van der Waals surface area contributed by atoms with Gasteiger partial charge in [-0.15, -0.1) is 5.10 Å². The standard InChI is InChI=1S/C16H12F3N7O/c17-16(18,19)10-3-1-2-4-11(10)23-15-24-12(20)13(21)26(25-15)14(27)9-5-7-22-8-6-9/h1-8,21H,(H3,20,23,24,25). The molecule has 138 valence electrons. The highest BCUT2D eigenvalue weighted by molar-refractivity contribution is 5.95. The van der Waals surface area contributed by atoms with E-state index >= 15 is 0 Å². The average molecular weight is 375 g/mol. The van der Waals surface area contributed by atoms with Gasteiger partial charge in [0.2, 0.25) is 5.95 Å². The Balaban J connectivity index is 2.04. The first kappa shape index (κ1) is 18.0. The number of anilines is 3. The normalized spacial score (nSPS) is 11.2. The van der Waals surface area contributed by atoms with Crippen molar-refractivity contribution in [2.24, 2.45) is 0 Å². The topological polar surface area (TPSA) is 123 Å². The summed E-state index contributed by atoms with van der Waals surface area (Å²) in [5, 5.41) is 14.1. The summed E-state index contributed by atoms with van der Waals surface area (Å²) in [7, 11) is 0. The number of nitrogens with zero attached hydrogens (tertiary/aromatic N) is 4. The van der Waals surface area contributed by atoms with Gasteiger partial charge in [-0.2, -0.15) is 22.8 Å². The van der Waals surface area contributed by atoms with Gasteiger partial charge in [0.1, 0.15) is 0 Å². The van der Waals surface area contributed by atoms with E-state index in [1.54, 1.807) is 0 Å². The first-order chi connectivity index (χ1) is 12.8. The fraction of sp³-hybridized carbons (Fsp3) is 0.0625. The van der Waals surface area contributed by atoms with Crippen LogP contribution in [0.25, 0.3) is 0 Å². The lowest BCUT2D eigenvalue weighted by Gasteiger charge is -2.14. The third-order valence-electron chi connectivity index (χ3n) is 3.47. The lowest BCUT2D eigenvalue weighted by Crippen LogP contribution is -2.33. The Bertz CT molecular complexity index is 1050. The third-order valence-corrected chi connectivity index (χ3v) is 3.47. The van der Waals surface area contributed by atoms with Gasteiger partial charge in [-0.25, -0.2) is 0 Å². The molecule has 1 aromatic carbocycles.